The summed E-state index contributed by atoms with van der Waals surface area (Å²) in [5, 5.41) is 10.6. The van der Waals surface area contributed by atoms with Crippen molar-refractivity contribution in [2.24, 2.45) is 0 Å². The molecule has 3 nitrogen and oxygen atoms in total. The van der Waals surface area contributed by atoms with Crippen LogP contribution in [-0.2, 0) is 6.42 Å². The summed E-state index contributed by atoms with van der Waals surface area (Å²) in [7, 11) is 0. The summed E-state index contributed by atoms with van der Waals surface area (Å²) in [6.07, 6.45) is 0.722. The number of hydrogen-bond acceptors (Lipinski definition) is 3. The molecule has 2 aromatic rings. The van der Waals surface area contributed by atoms with Gasteiger partial charge in [0.15, 0.2) is 5.69 Å². The number of carbonyl (C=O) groups is 1. The number of benzene rings is 1. The third-order valence-electron chi connectivity index (χ3n) is 2.36. The van der Waals surface area contributed by atoms with Crippen molar-refractivity contribution in [1.29, 1.82) is 0 Å². The molecule has 18 heavy (non-hydrogen) atoms. The predicted octanol–water partition coefficient (Wildman–Crippen LogP) is 4.49. The highest BCUT2D eigenvalue weighted by atomic mass is 79.9. The lowest BCUT2D eigenvalue weighted by Gasteiger charge is -2.01. The van der Waals surface area contributed by atoms with Gasteiger partial charge >= 0.3 is 5.97 Å². The highest BCUT2D eigenvalue weighted by Gasteiger charge is 2.18. The number of carboxylic acids is 1. The van der Waals surface area contributed by atoms with Gasteiger partial charge < -0.3 is 5.11 Å². The normalized spacial score (nSPS) is 10.6. The first-order chi connectivity index (χ1) is 8.52. The van der Waals surface area contributed by atoms with Crippen LogP contribution in [0, 0.1) is 0 Å². The van der Waals surface area contributed by atoms with Crippen LogP contribution >= 0.6 is 38.9 Å². The van der Waals surface area contributed by atoms with Crippen LogP contribution in [0.2, 0.25) is 5.02 Å². The van der Waals surface area contributed by atoms with Gasteiger partial charge in [-0.1, -0.05) is 24.6 Å². The van der Waals surface area contributed by atoms with Crippen molar-refractivity contribution >= 4 is 44.8 Å². The van der Waals surface area contributed by atoms with E-state index in [4.69, 9.17) is 16.7 Å². The Morgan fingerprint density at radius 1 is 1.56 bits per heavy atom. The Morgan fingerprint density at radius 3 is 2.83 bits per heavy atom. The smallest absolute Gasteiger partial charge is 0.356 e. The van der Waals surface area contributed by atoms with Gasteiger partial charge in [-0.05, 0) is 40.0 Å². The molecule has 94 valence electrons. The van der Waals surface area contributed by atoms with Crippen LogP contribution in [0.5, 0.6) is 0 Å². The van der Waals surface area contributed by atoms with Crippen LogP contribution < -0.4 is 0 Å². The lowest BCUT2D eigenvalue weighted by molar-refractivity contribution is 0.0692. The van der Waals surface area contributed by atoms with Crippen LogP contribution in [0.1, 0.15) is 22.4 Å². The van der Waals surface area contributed by atoms with Gasteiger partial charge in [0.1, 0.15) is 0 Å². The number of carboxylic acid groups (broad SMARTS) is 1. The molecule has 0 fully saturated rings. The third kappa shape index (κ3) is 2.58. The molecule has 1 N–H and O–H groups in total. The van der Waals surface area contributed by atoms with Crippen molar-refractivity contribution < 1.29 is 9.90 Å². The molecule has 0 aliphatic carbocycles. The van der Waals surface area contributed by atoms with E-state index in [1.54, 1.807) is 12.1 Å². The van der Waals surface area contributed by atoms with Crippen molar-refractivity contribution in [2.75, 3.05) is 0 Å². The number of thiazole rings is 1. The van der Waals surface area contributed by atoms with Gasteiger partial charge in [-0.25, -0.2) is 9.78 Å². The SMILES string of the molecule is CCc1nc(C(=O)O)c(-c2ccc(Cl)c(Br)c2)s1. The molecule has 1 aromatic heterocycles. The first-order valence-electron chi connectivity index (χ1n) is 5.21. The van der Waals surface area contributed by atoms with Crippen molar-refractivity contribution in [3.05, 3.63) is 38.4 Å². The van der Waals surface area contributed by atoms with E-state index in [1.807, 2.05) is 13.0 Å². The summed E-state index contributed by atoms with van der Waals surface area (Å²) in [5.41, 5.74) is 0.909. The highest BCUT2D eigenvalue weighted by Crippen LogP contribution is 2.34. The average Bonchev–Trinajstić information content (AvgIpc) is 2.77. The Bertz CT molecular complexity index is 612. The zero-order valence-corrected chi connectivity index (χ0v) is 12.6. The summed E-state index contributed by atoms with van der Waals surface area (Å²) in [4.78, 5) is 16.0. The van der Waals surface area contributed by atoms with E-state index in [9.17, 15) is 4.79 Å². The van der Waals surface area contributed by atoms with Crippen LogP contribution in [0.3, 0.4) is 0 Å². The zero-order valence-electron chi connectivity index (χ0n) is 9.41. The van der Waals surface area contributed by atoms with Gasteiger partial charge in [0, 0.05) is 4.47 Å². The molecule has 2 rings (SSSR count). The molecular formula is C12H9BrClNO2S. The van der Waals surface area contributed by atoms with E-state index in [0.29, 0.717) is 9.90 Å². The predicted molar refractivity (Wildman–Crippen MR) is 76.6 cm³/mol. The maximum absolute atomic E-state index is 11.2. The summed E-state index contributed by atoms with van der Waals surface area (Å²) in [6, 6.07) is 5.34. The van der Waals surface area contributed by atoms with Crippen molar-refractivity contribution in [3.8, 4) is 10.4 Å². The number of aryl methyl sites for hydroxylation is 1. The van der Waals surface area contributed by atoms with Gasteiger partial charge in [0.2, 0.25) is 0 Å². The zero-order chi connectivity index (χ0) is 13.3. The second kappa shape index (κ2) is 5.38. The topological polar surface area (TPSA) is 50.2 Å². The Labute approximate surface area is 122 Å². The summed E-state index contributed by atoms with van der Waals surface area (Å²) >= 11 is 10.7. The lowest BCUT2D eigenvalue weighted by atomic mass is 10.1. The molecule has 0 saturated heterocycles. The minimum Gasteiger partial charge on any atom is -0.476 e. The molecule has 6 heteroatoms. The molecule has 0 amide bonds. The molecule has 0 bridgehead atoms. The summed E-state index contributed by atoms with van der Waals surface area (Å²) < 4.78 is 0.740. The minimum absolute atomic E-state index is 0.103. The quantitative estimate of drug-likeness (QED) is 0.891. The van der Waals surface area contributed by atoms with E-state index in [-0.39, 0.29) is 5.69 Å². The maximum Gasteiger partial charge on any atom is 0.356 e. The van der Waals surface area contributed by atoms with Crippen LogP contribution in [0.4, 0.5) is 0 Å². The molecule has 1 aromatic carbocycles. The van der Waals surface area contributed by atoms with Gasteiger partial charge in [-0.3, -0.25) is 0 Å². The second-order valence-corrected chi connectivity index (χ2v) is 5.92. The fraction of sp³-hybridized carbons (Fsp3) is 0.167. The Balaban J connectivity index is 2.58. The van der Waals surface area contributed by atoms with E-state index >= 15 is 0 Å². The van der Waals surface area contributed by atoms with Crippen molar-refractivity contribution in [2.45, 2.75) is 13.3 Å². The summed E-state index contributed by atoms with van der Waals surface area (Å²) in [6.45, 7) is 1.95. The molecule has 0 spiro atoms. The standard InChI is InChI=1S/C12H9BrClNO2S/c1-2-9-15-10(12(16)17)11(18-9)6-3-4-8(14)7(13)5-6/h3-5H,2H2,1H3,(H,16,17). The molecular weight excluding hydrogens is 338 g/mol. The fourth-order valence-corrected chi connectivity index (χ4v) is 2.98. The molecule has 0 saturated carbocycles. The molecule has 0 atom stereocenters. The maximum atomic E-state index is 11.2. The van der Waals surface area contributed by atoms with E-state index in [1.165, 1.54) is 11.3 Å². The molecule has 1 heterocycles. The molecule has 0 aliphatic rings. The average molecular weight is 347 g/mol. The second-order valence-electron chi connectivity index (χ2n) is 3.57. The number of aromatic carboxylic acids is 1. The number of aromatic nitrogens is 1. The Morgan fingerprint density at radius 2 is 2.28 bits per heavy atom. The largest absolute Gasteiger partial charge is 0.476 e. The van der Waals surface area contributed by atoms with E-state index in [0.717, 1.165) is 21.5 Å². The number of rotatable bonds is 3. The van der Waals surface area contributed by atoms with Gasteiger partial charge in [-0.2, -0.15) is 0 Å². The molecule has 0 aliphatic heterocycles. The van der Waals surface area contributed by atoms with Crippen LogP contribution in [-0.4, -0.2) is 16.1 Å². The van der Waals surface area contributed by atoms with Gasteiger partial charge in [-0.15, -0.1) is 11.3 Å². The van der Waals surface area contributed by atoms with Gasteiger partial charge in [0.25, 0.3) is 0 Å². The van der Waals surface area contributed by atoms with Crippen molar-refractivity contribution in [1.82, 2.24) is 4.98 Å². The lowest BCUT2D eigenvalue weighted by Crippen LogP contribution is -1.99. The number of halogens is 2. The van der Waals surface area contributed by atoms with E-state index < -0.39 is 5.97 Å². The minimum atomic E-state index is -1.01. The monoisotopic (exact) mass is 345 g/mol. The van der Waals surface area contributed by atoms with E-state index in [2.05, 4.69) is 20.9 Å². The highest BCUT2D eigenvalue weighted by molar-refractivity contribution is 9.10. The van der Waals surface area contributed by atoms with Crippen LogP contribution in [0.15, 0.2) is 22.7 Å². The number of nitrogens with zero attached hydrogens (tertiary/aromatic N) is 1. The molecule has 0 unspecified atom stereocenters. The Kier molecular flexibility index (Phi) is 4.04. The number of hydrogen-bond donors (Lipinski definition) is 1. The third-order valence-corrected chi connectivity index (χ3v) is 4.82. The molecule has 0 radical (unpaired) electrons. The first-order valence-corrected chi connectivity index (χ1v) is 7.20. The first kappa shape index (κ1) is 13.5. The Hall–Kier alpha value is -0.910. The summed E-state index contributed by atoms with van der Waals surface area (Å²) in [5.74, 6) is -1.01. The fourth-order valence-electron chi connectivity index (χ4n) is 1.49. The van der Waals surface area contributed by atoms with Crippen LogP contribution in [0.25, 0.3) is 10.4 Å². The van der Waals surface area contributed by atoms with Gasteiger partial charge in [0.05, 0.1) is 14.9 Å². The van der Waals surface area contributed by atoms with Crippen molar-refractivity contribution in [3.63, 3.8) is 0 Å².